The second-order valence-corrected chi connectivity index (χ2v) is 5.06. The smallest absolute Gasteiger partial charge is 0.220 e. The molecule has 1 amide bonds. The highest BCUT2D eigenvalue weighted by molar-refractivity contribution is 5.76. The minimum absolute atomic E-state index is 0.167. The van der Waals surface area contributed by atoms with Gasteiger partial charge in [-0.25, -0.2) is 0 Å². The van der Waals surface area contributed by atoms with E-state index < -0.39 is 0 Å². The maximum absolute atomic E-state index is 11.6. The maximum Gasteiger partial charge on any atom is 0.220 e. The van der Waals surface area contributed by atoms with Gasteiger partial charge < -0.3 is 5.32 Å². The van der Waals surface area contributed by atoms with Gasteiger partial charge in [0.25, 0.3) is 0 Å². The molecule has 0 bridgehead atoms. The highest BCUT2D eigenvalue weighted by Crippen LogP contribution is 2.12. The largest absolute Gasteiger partial charge is 0.354 e. The number of carbonyl (C=O) groups excluding carboxylic acids is 1. The van der Waals surface area contributed by atoms with Gasteiger partial charge in [0, 0.05) is 12.5 Å². The third kappa shape index (κ3) is 6.10. The molecule has 0 heterocycles. The Bertz CT molecular complexity index is 332. The Hall–Kier alpha value is -1.31. The average Bonchev–Trinajstić information content (AvgIpc) is 2.26. The normalized spacial score (nSPS) is 12.5. The van der Waals surface area contributed by atoms with Gasteiger partial charge in [-0.05, 0) is 38.2 Å². The number of benzene rings is 1. The van der Waals surface area contributed by atoms with Crippen molar-refractivity contribution in [2.24, 2.45) is 5.92 Å². The zero-order chi connectivity index (χ0) is 12.7. The number of rotatable bonds is 6. The van der Waals surface area contributed by atoms with Crippen LogP contribution in [0.2, 0.25) is 0 Å². The van der Waals surface area contributed by atoms with Gasteiger partial charge >= 0.3 is 0 Å². The van der Waals surface area contributed by atoms with E-state index in [1.807, 2.05) is 19.9 Å². The van der Waals surface area contributed by atoms with E-state index in [4.69, 9.17) is 0 Å². The number of nitrogens with one attached hydrogen (secondary N) is 1. The van der Waals surface area contributed by atoms with Crippen LogP contribution < -0.4 is 5.32 Å². The molecule has 1 rings (SSSR count). The van der Waals surface area contributed by atoms with Crippen molar-refractivity contribution in [1.82, 2.24) is 5.32 Å². The fraction of sp³-hybridized carbons (Fsp3) is 0.533. The van der Waals surface area contributed by atoms with Gasteiger partial charge in [-0.15, -0.1) is 0 Å². The minimum atomic E-state index is 0.167. The van der Waals surface area contributed by atoms with Crippen LogP contribution in [-0.4, -0.2) is 11.9 Å². The van der Waals surface area contributed by atoms with Crippen LogP contribution in [0.5, 0.6) is 0 Å². The van der Waals surface area contributed by atoms with Crippen LogP contribution in [0.4, 0.5) is 0 Å². The van der Waals surface area contributed by atoms with Crippen molar-refractivity contribution in [1.29, 1.82) is 0 Å². The van der Waals surface area contributed by atoms with E-state index in [0.717, 1.165) is 12.8 Å². The Morgan fingerprint density at radius 3 is 2.41 bits per heavy atom. The van der Waals surface area contributed by atoms with Gasteiger partial charge in [0.05, 0.1) is 0 Å². The molecule has 0 unspecified atom stereocenters. The Morgan fingerprint density at radius 1 is 1.18 bits per heavy atom. The van der Waals surface area contributed by atoms with Crippen molar-refractivity contribution in [2.45, 2.75) is 46.1 Å². The lowest BCUT2D eigenvalue weighted by atomic mass is 9.98. The molecule has 0 spiro atoms. The Morgan fingerprint density at radius 2 is 1.82 bits per heavy atom. The summed E-state index contributed by atoms with van der Waals surface area (Å²) >= 11 is 0. The first-order valence-electron chi connectivity index (χ1n) is 6.41. The Kier molecular flexibility index (Phi) is 5.75. The van der Waals surface area contributed by atoms with Crippen molar-refractivity contribution in [3.63, 3.8) is 0 Å². The average molecular weight is 233 g/mol. The van der Waals surface area contributed by atoms with E-state index in [2.05, 4.69) is 36.5 Å². The maximum atomic E-state index is 11.6. The third-order valence-corrected chi connectivity index (χ3v) is 2.75. The lowest BCUT2D eigenvalue weighted by molar-refractivity contribution is -0.122. The molecular formula is C15H23NO. The van der Waals surface area contributed by atoms with Crippen molar-refractivity contribution in [3.05, 3.63) is 35.9 Å². The standard InChI is InChI=1S/C15H23NO/c1-12(2)16-15(17)11-13(3)9-10-14-7-5-4-6-8-14/h4-8,12-13H,9-11H2,1-3H3,(H,16,17)/t13-/m1/s1. The van der Waals surface area contributed by atoms with Crippen LogP contribution in [0, 0.1) is 5.92 Å². The summed E-state index contributed by atoms with van der Waals surface area (Å²) in [6, 6.07) is 10.7. The number of carbonyl (C=O) groups is 1. The van der Waals surface area contributed by atoms with E-state index >= 15 is 0 Å². The highest BCUT2D eigenvalue weighted by atomic mass is 16.1. The zero-order valence-corrected chi connectivity index (χ0v) is 11.1. The van der Waals surface area contributed by atoms with Crippen LogP contribution in [0.1, 0.15) is 39.2 Å². The molecule has 0 aromatic heterocycles. The fourth-order valence-electron chi connectivity index (χ4n) is 1.86. The van der Waals surface area contributed by atoms with E-state index in [1.165, 1.54) is 5.56 Å². The molecule has 1 atom stereocenters. The molecule has 94 valence electrons. The molecule has 0 aliphatic rings. The summed E-state index contributed by atoms with van der Waals surface area (Å²) in [5, 5.41) is 2.93. The van der Waals surface area contributed by atoms with Gasteiger partial charge in [0.1, 0.15) is 0 Å². The number of aryl methyl sites for hydroxylation is 1. The van der Waals surface area contributed by atoms with E-state index in [9.17, 15) is 4.79 Å². The quantitative estimate of drug-likeness (QED) is 0.803. The second kappa shape index (κ2) is 7.10. The summed E-state index contributed by atoms with van der Waals surface area (Å²) < 4.78 is 0. The number of hydrogen-bond acceptors (Lipinski definition) is 1. The van der Waals surface area contributed by atoms with Crippen molar-refractivity contribution < 1.29 is 4.79 Å². The molecule has 0 radical (unpaired) electrons. The molecule has 0 aliphatic carbocycles. The topological polar surface area (TPSA) is 29.1 Å². The summed E-state index contributed by atoms with van der Waals surface area (Å²) in [5.41, 5.74) is 1.35. The molecule has 1 aromatic rings. The molecule has 0 fully saturated rings. The molecule has 0 aliphatic heterocycles. The van der Waals surface area contributed by atoms with Crippen LogP contribution >= 0.6 is 0 Å². The monoisotopic (exact) mass is 233 g/mol. The summed E-state index contributed by atoms with van der Waals surface area (Å²) in [7, 11) is 0. The molecule has 1 aromatic carbocycles. The van der Waals surface area contributed by atoms with Gasteiger partial charge in [-0.3, -0.25) is 4.79 Å². The molecular weight excluding hydrogens is 210 g/mol. The number of hydrogen-bond donors (Lipinski definition) is 1. The van der Waals surface area contributed by atoms with E-state index in [1.54, 1.807) is 0 Å². The van der Waals surface area contributed by atoms with Gasteiger partial charge in [0.15, 0.2) is 0 Å². The zero-order valence-electron chi connectivity index (χ0n) is 11.1. The van der Waals surface area contributed by atoms with Crippen molar-refractivity contribution in [3.8, 4) is 0 Å². The van der Waals surface area contributed by atoms with Crippen LogP contribution in [0.15, 0.2) is 30.3 Å². The first-order valence-corrected chi connectivity index (χ1v) is 6.41. The first-order chi connectivity index (χ1) is 8.08. The van der Waals surface area contributed by atoms with Gasteiger partial charge in [-0.2, -0.15) is 0 Å². The summed E-state index contributed by atoms with van der Waals surface area (Å²) in [4.78, 5) is 11.6. The molecule has 17 heavy (non-hydrogen) atoms. The highest BCUT2D eigenvalue weighted by Gasteiger charge is 2.09. The summed E-state index contributed by atoms with van der Waals surface area (Å²) in [5.74, 6) is 0.606. The molecule has 0 saturated carbocycles. The molecule has 0 saturated heterocycles. The van der Waals surface area contributed by atoms with Crippen LogP contribution in [0.25, 0.3) is 0 Å². The molecule has 1 N–H and O–H groups in total. The fourth-order valence-corrected chi connectivity index (χ4v) is 1.86. The van der Waals surface area contributed by atoms with Gasteiger partial charge in [-0.1, -0.05) is 37.3 Å². The second-order valence-electron chi connectivity index (χ2n) is 5.06. The SMILES string of the molecule is CC(C)NC(=O)C[C@H](C)CCc1ccccc1. The lowest BCUT2D eigenvalue weighted by Gasteiger charge is -2.13. The third-order valence-electron chi connectivity index (χ3n) is 2.75. The predicted octanol–water partition coefficient (Wildman–Crippen LogP) is 3.17. The lowest BCUT2D eigenvalue weighted by Crippen LogP contribution is -2.31. The molecule has 2 nitrogen and oxygen atoms in total. The first kappa shape index (κ1) is 13.8. The predicted molar refractivity (Wildman–Crippen MR) is 71.8 cm³/mol. The summed E-state index contributed by atoms with van der Waals surface area (Å²) in [6.45, 7) is 6.13. The van der Waals surface area contributed by atoms with Crippen molar-refractivity contribution in [2.75, 3.05) is 0 Å². The Balaban J connectivity index is 2.26. The van der Waals surface area contributed by atoms with E-state index in [0.29, 0.717) is 12.3 Å². The van der Waals surface area contributed by atoms with Crippen LogP contribution in [-0.2, 0) is 11.2 Å². The molecule has 2 heteroatoms. The number of amides is 1. The van der Waals surface area contributed by atoms with Gasteiger partial charge in [0.2, 0.25) is 5.91 Å². The minimum Gasteiger partial charge on any atom is -0.354 e. The van der Waals surface area contributed by atoms with Crippen LogP contribution in [0.3, 0.4) is 0 Å². The van der Waals surface area contributed by atoms with Crippen molar-refractivity contribution >= 4 is 5.91 Å². The summed E-state index contributed by atoms with van der Waals surface area (Å²) in [6.07, 6.45) is 2.75. The van der Waals surface area contributed by atoms with E-state index in [-0.39, 0.29) is 11.9 Å². The Labute approximate surface area is 104 Å².